The first-order chi connectivity index (χ1) is 13.9. The molecule has 1 aromatic carbocycles. The zero-order valence-corrected chi connectivity index (χ0v) is 16.6. The van der Waals surface area contributed by atoms with Gasteiger partial charge in [0.25, 0.3) is 11.7 Å². The molecule has 0 spiro atoms. The van der Waals surface area contributed by atoms with E-state index < -0.39 is 17.9 Å². The SMILES string of the molecule is CCOc1ccc(OC(C)C(=O)NNC(=O)c2nc3nc(C)cc(C)n3n2)cc1. The lowest BCUT2D eigenvalue weighted by Gasteiger charge is -2.15. The van der Waals surface area contributed by atoms with Crippen molar-refractivity contribution in [2.45, 2.75) is 33.8 Å². The number of aryl methyl sites for hydroxylation is 2. The van der Waals surface area contributed by atoms with Gasteiger partial charge in [-0.1, -0.05) is 0 Å². The first-order valence-corrected chi connectivity index (χ1v) is 9.08. The monoisotopic (exact) mass is 398 g/mol. The van der Waals surface area contributed by atoms with E-state index >= 15 is 0 Å². The summed E-state index contributed by atoms with van der Waals surface area (Å²) in [6, 6.07) is 8.72. The van der Waals surface area contributed by atoms with Crippen LogP contribution in [0.5, 0.6) is 11.5 Å². The van der Waals surface area contributed by atoms with Crippen molar-refractivity contribution in [3.63, 3.8) is 0 Å². The van der Waals surface area contributed by atoms with Gasteiger partial charge in [0.2, 0.25) is 5.82 Å². The summed E-state index contributed by atoms with van der Waals surface area (Å²) in [5, 5.41) is 4.10. The molecule has 0 radical (unpaired) electrons. The maximum absolute atomic E-state index is 12.2. The molecule has 0 aliphatic rings. The van der Waals surface area contributed by atoms with Crippen LogP contribution in [0.3, 0.4) is 0 Å². The summed E-state index contributed by atoms with van der Waals surface area (Å²) >= 11 is 0. The number of carbonyl (C=O) groups excluding carboxylic acids is 2. The molecule has 0 aliphatic carbocycles. The highest BCUT2D eigenvalue weighted by Gasteiger charge is 2.19. The molecule has 3 rings (SSSR count). The number of benzene rings is 1. The van der Waals surface area contributed by atoms with Crippen LogP contribution in [-0.4, -0.2) is 44.1 Å². The Labute approximate surface area is 167 Å². The van der Waals surface area contributed by atoms with Crippen LogP contribution in [-0.2, 0) is 4.79 Å². The Hall–Kier alpha value is -3.69. The summed E-state index contributed by atoms with van der Waals surface area (Å²) in [6.45, 7) is 7.69. The van der Waals surface area contributed by atoms with Gasteiger partial charge in [-0.3, -0.25) is 20.4 Å². The second-order valence-corrected chi connectivity index (χ2v) is 6.29. The van der Waals surface area contributed by atoms with Crippen molar-refractivity contribution in [1.29, 1.82) is 0 Å². The van der Waals surface area contributed by atoms with Gasteiger partial charge in [-0.15, -0.1) is 5.10 Å². The van der Waals surface area contributed by atoms with Crippen LogP contribution in [0.15, 0.2) is 30.3 Å². The summed E-state index contributed by atoms with van der Waals surface area (Å²) in [5.41, 5.74) is 6.15. The number of hydrogen-bond donors (Lipinski definition) is 2. The van der Waals surface area contributed by atoms with E-state index in [0.29, 0.717) is 23.9 Å². The Morgan fingerprint density at radius 2 is 1.79 bits per heavy atom. The highest BCUT2D eigenvalue weighted by Crippen LogP contribution is 2.18. The third-order valence-corrected chi connectivity index (χ3v) is 3.94. The molecule has 2 aromatic heterocycles. The fourth-order valence-electron chi connectivity index (χ4n) is 2.58. The quantitative estimate of drug-likeness (QED) is 0.602. The van der Waals surface area contributed by atoms with Crippen molar-refractivity contribution >= 4 is 17.6 Å². The van der Waals surface area contributed by atoms with Crippen LogP contribution in [0, 0.1) is 13.8 Å². The van der Waals surface area contributed by atoms with E-state index in [-0.39, 0.29) is 5.82 Å². The highest BCUT2D eigenvalue weighted by atomic mass is 16.5. The molecule has 10 heteroatoms. The van der Waals surface area contributed by atoms with Crippen LogP contribution in [0.4, 0.5) is 0 Å². The van der Waals surface area contributed by atoms with Gasteiger partial charge in [0, 0.05) is 11.4 Å². The molecular weight excluding hydrogens is 376 g/mol. The molecule has 0 bridgehead atoms. The summed E-state index contributed by atoms with van der Waals surface area (Å²) in [5.74, 6) is 0.235. The van der Waals surface area contributed by atoms with E-state index in [1.807, 2.05) is 26.8 Å². The Balaban J connectivity index is 1.56. The Bertz CT molecular complexity index is 1030. The predicted molar refractivity (Wildman–Crippen MR) is 104 cm³/mol. The zero-order valence-electron chi connectivity index (χ0n) is 16.6. The number of nitrogens with one attached hydrogen (secondary N) is 2. The number of amides is 2. The van der Waals surface area contributed by atoms with Crippen LogP contribution >= 0.6 is 0 Å². The maximum atomic E-state index is 12.2. The third kappa shape index (κ3) is 4.78. The first-order valence-electron chi connectivity index (χ1n) is 9.08. The van der Waals surface area contributed by atoms with Crippen LogP contribution < -0.4 is 20.3 Å². The number of nitrogens with zero attached hydrogens (tertiary/aromatic N) is 4. The van der Waals surface area contributed by atoms with E-state index in [9.17, 15) is 9.59 Å². The van der Waals surface area contributed by atoms with Gasteiger partial charge in [-0.2, -0.15) is 4.98 Å². The minimum Gasteiger partial charge on any atom is -0.494 e. The van der Waals surface area contributed by atoms with Gasteiger partial charge in [-0.05, 0) is 58.0 Å². The van der Waals surface area contributed by atoms with Crippen molar-refractivity contribution in [3.8, 4) is 11.5 Å². The Morgan fingerprint density at radius 3 is 2.48 bits per heavy atom. The molecule has 0 saturated heterocycles. The van der Waals surface area contributed by atoms with Gasteiger partial charge in [0.15, 0.2) is 6.10 Å². The second kappa shape index (κ2) is 8.55. The molecule has 1 atom stereocenters. The third-order valence-electron chi connectivity index (χ3n) is 3.94. The number of rotatable bonds is 6. The van der Waals surface area contributed by atoms with Crippen LogP contribution in [0.2, 0.25) is 0 Å². The number of hydrazine groups is 1. The topological polar surface area (TPSA) is 120 Å². The fraction of sp³-hybridized carbons (Fsp3) is 0.316. The van der Waals surface area contributed by atoms with Gasteiger partial charge >= 0.3 is 5.91 Å². The summed E-state index contributed by atoms with van der Waals surface area (Å²) in [6.07, 6.45) is -0.839. The maximum Gasteiger partial charge on any atom is 0.309 e. The molecule has 0 fully saturated rings. The number of aromatic nitrogens is 4. The van der Waals surface area contributed by atoms with Gasteiger partial charge in [0.05, 0.1) is 6.61 Å². The number of fused-ring (bicyclic) bond motifs is 1. The lowest BCUT2D eigenvalue weighted by atomic mass is 10.3. The molecule has 152 valence electrons. The number of hydrogen-bond acceptors (Lipinski definition) is 7. The highest BCUT2D eigenvalue weighted by molar-refractivity contribution is 5.93. The molecule has 10 nitrogen and oxygen atoms in total. The van der Waals surface area contributed by atoms with Gasteiger partial charge < -0.3 is 9.47 Å². The average Bonchev–Trinajstić information content (AvgIpc) is 3.12. The average molecular weight is 398 g/mol. The van der Waals surface area contributed by atoms with E-state index in [2.05, 4.69) is 25.9 Å². The summed E-state index contributed by atoms with van der Waals surface area (Å²) in [4.78, 5) is 32.7. The van der Waals surface area contributed by atoms with E-state index in [0.717, 1.165) is 11.4 Å². The predicted octanol–water partition coefficient (Wildman–Crippen LogP) is 1.37. The Kier molecular flexibility index (Phi) is 5.91. The van der Waals surface area contributed by atoms with Crippen molar-refractivity contribution < 1.29 is 19.1 Å². The molecule has 2 heterocycles. The zero-order chi connectivity index (χ0) is 21.0. The number of carbonyl (C=O) groups is 2. The van der Waals surface area contributed by atoms with Gasteiger partial charge in [0.1, 0.15) is 11.5 Å². The first kappa shape index (κ1) is 20.1. The fourth-order valence-corrected chi connectivity index (χ4v) is 2.58. The number of ether oxygens (including phenoxy) is 2. The largest absolute Gasteiger partial charge is 0.494 e. The lowest BCUT2D eigenvalue weighted by Crippen LogP contribution is -2.47. The molecule has 3 aromatic rings. The minimum atomic E-state index is -0.839. The molecule has 2 amide bonds. The van der Waals surface area contributed by atoms with Crippen LogP contribution in [0.1, 0.15) is 35.9 Å². The Morgan fingerprint density at radius 1 is 1.10 bits per heavy atom. The van der Waals surface area contributed by atoms with Crippen molar-refractivity contribution in [2.75, 3.05) is 6.61 Å². The molecule has 2 N–H and O–H groups in total. The molecule has 0 saturated carbocycles. The standard InChI is InChI=1S/C19H22N6O4/c1-5-28-14-6-8-15(9-7-14)29-13(4)17(26)22-23-18(27)16-21-19-20-11(2)10-12(3)25(19)24-16/h6-10,13H,5H2,1-4H3,(H,22,26)(H,23,27). The smallest absolute Gasteiger partial charge is 0.309 e. The van der Waals surface area contributed by atoms with E-state index in [4.69, 9.17) is 9.47 Å². The van der Waals surface area contributed by atoms with Crippen LogP contribution in [0.25, 0.3) is 5.78 Å². The van der Waals surface area contributed by atoms with Crippen molar-refractivity contribution in [2.24, 2.45) is 0 Å². The summed E-state index contributed by atoms with van der Waals surface area (Å²) in [7, 11) is 0. The summed E-state index contributed by atoms with van der Waals surface area (Å²) < 4.78 is 12.4. The minimum absolute atomic E-state index is 0.105. The van der Waals surface area contributed by atoms with Gasteiger partial charge in [-0.25, -0.2) is 9.50 Å². The van der Waals surface area contributed by atoms with E-state index in [1.165, 1.54) is 4.52 Å². The lowest BCUT2D eigenvalue weighted by molar-refractivity contribution is -0.128. The molecule has 0 aliphatic heterocycles. The normalized spacial score (nSPS) is 11.7. The molecule has 29 heavy (non-hydrogen) atoms. The van der Waals surface area contributed by atoms with E-state index in [1.54, 1.807) is 31.2 Å². The second-order valence-electron chi connectivity index (χ2n) is 6.29. The van der Waals surface area contributed by atoms with Crippen molar-refractivity contribution in [1.82, 2.24) is 30.4 Å². The van der Waals surface area contributed by atoms with Crippen molar-refractivity contribution in [3.05, 3.63) is 47.5 Å². The molecule has 1 unspecified atom stereocenters. The molecular formula is C19H22N6O4.